The van der Waals surface area contributed by atoms with Crippen LogP contribution in [0.4, 0.5) is 4.79 Å². The molecule has 0 aromatic rings. The molecule has 0 N–H and O–H groups in total. The fourth-order valence-electron chi connectivity index (χ4n) is 6.56. The molecule has 5 aliphatic rings. The normalized spacial score (nSPS) is 39.5. The number of rotatable bonds is 7. The summed E-state index contributed by atoms with van der Waals surface area (Å²) in [6.07, 6.45) is 3.75. The van der Waals surface area contributed by atoms with Crippen molar-refractivity contribution >= 4 is 12.1 Å². The fourth-order valence-corrected chi connectivity index (χ4v) is 6.56. The molecule has 0 bridgehead atoms. The number of carbonyl (C=O) groups is 2. The van der Waals surface area contributed by atoms with E-state index in [0.717, 1.165) is 12.8 Å². The molecular formula is C24H35N2NaO7. The van der Waals surface area contributed by atoms with Gasteiger partial charge < -0.3 is 33.7 Å². The average molecular weight is 487 g/mol. The van der Waals surface area contributed by atoms with Crippen molar-refractivity contribution in [3.63, 3.8) is 0 Å². The SMILES string of the molecule is CO[C@@H]1[C@H](OC(=O)N2CC3(CN(CC(=O)[O-])C3)C2)CC[C@]2(CO2)[C@H]1[C@@]1(C)O[C@@H]1CC=C(C)C.[Na+]. The molecule has 4 aliphatic heterocycles. The number of carboxylic acids is 1. The number of carboxylic acid groups (broad SMARTS) is 1. The molecule has 34 heavy (non-hydrogen) atoms. The van der Waals surface area contributed by atoms with Gasteiger partial charge in [-0.3, -0.25) is 4.90 Å². The first-order valence-electron chi connectivity index (χ1n) is 12.0. The zero-order valence-corrected chi connectivity index (χ0v) is 23.0. The Morgan fingerprint density at radius 1 is 1.21 bits per heavy atom. The Morgan fingerprint density at radius 3 is 2.44 bits per heavy atom. The standard InChI is InChI=1S/C24H36N2O7.Na/c1-15(2)5-6-17-22(3,33-17)20-19(30-4)16(7-8-24(20)14-31-24)32-21(29)26-12-23(13-26)10-25(11-23)9-18(27)28;/h5,16-17,19-20H,6-14H2,1-4H3,(H,27,28);/q;+1/p-1/t16-,17-,19-,20-,22+,24+;/m1./s1. The summed E-state index contributed by atoms with van der Waals surface area (Å²) in [5.74, 6) is -1.06. The number of epoxide rings is 2. The van der Waals surface area contributed by atoms with Crippen molar-refractivity contribution in [1.29, 1.82) is 0 Å². The van der Waals surface area contributed by atoms with E-state index in [1.165, 1.54) is 5.57 Å². The molecule has 6 atom stereocenters. The molecule has 5 fully saturated rings. The number of methoxy groups -OCH3 is 1. The smallest absolute Gasteiger partial charge is 0.549 e. The summed E-state index contributed by atoms with van der Waals surface area (Å²) in [5.41, 5.74) is 0.672. The van der Waals surface area contributed by atoms with E-state index in [0.29, 0.717) is 39.2 Å². The Morgan fingerprint density at radius 2 is 1.88 bits per heavy atom. The average Bonchev–Trinajstić information content (AvgIpc) is 3.59. The van der Waals surface area contributed by atoms with Crippen LogP contribution in [0.15, 0.2) is 11.6 Å². The molecule has 0 unspecified atom stereocenters. The van der Waals surface area contributed by atoms with E-state index in [1.807, 2.05) is 4.90 Å². The summed E-state index contributed by atoms with van der Waals surface area (Å²) in [6, 6.07) is 0. The molecule has 2 spiro atoms. The summed E-state index contributed by atoms with van der Waals surface area (Å²) >= 11 is 0. The van der Waals surface area contributed by atoms with Gasteiger partial charge in [0.15, 0.2) is 0 Å². The van der Waals surface area contributed by atoms with Crippen LogP contribution in [0.3, 0.4) is 0 Å². The summed E-state index contributed by atoms with van der Waals surface area (Å²) in [4.78, 5) is 27.2. The van der Waals surface area contributed by atoms with Crippen molar-refractivity contribution in [2.75, 3.05) is 46.4 Å². The molecule has 184 valence electrons. The third-order valence-electron chi connectivity index (χ3n) is 8.27. The quantitative estimate of drug-likeness (QED) is 0.222. The number of likely N-dealkylation sites (tertiary alicyclic amines) is 2. The van der Waals surface area contributed by atoms with Crippen LogP contribution in [-0.4, -0.2) is 97.8 Å². The summed E-state index contributed by atoms with van der Waals surface area (Å²) in [7, 11) is 1.68. The Hall–Kier alpha value is -0.680. The first-order valence-corrected chi connectivity index (χ1v) is 12.0. The second-order valence-electron chi connectivity index (χ2n) is 11.2. The molecule has 0 aromatic heterocycles. The predicted octanol–water partition coefficient (Wildman–Crippen LogP) is -2.43. The fraction of sp³-hybridized carbons (Fsp3) is 0.833. The molecule has 1 aliphatic carbocycles. The van der Waals surface area contributed by atoms with E-state index in [2.05, 4.69) is 26.8 Å². The van der Waals surface area contributed by atoms with Crippen LogP contribution < -0.4 is 34.7 Å². The monoisotopic (exact) mass is 486 g/mol. The number of amides is 1. The maximum absolute atomic E-state index is 12.9. The van der Waals surface area contributed by atoms with Gasteiger partial charge in [0.05, 0.1) is 24.6 Å². The molecule has 10 heteroatoms. The minimum atomic E-state index is -1.06. The molecule has 0 radical (unpaired) electrons. The van der Waals surface area contributed by atoms with E-state index in [9.17, 15) is 14.7 Å². The topological polar surface area (TPSA) is 107 Å². The van der Waals surface area contributed by atoms with Crippen molar-refractivity contribution < 1.29 is 63.2 Å². The van der Waals surface area contributed by atoms with Crippen LogP contribution in [0.2, 0.25) is 0 Å². The molecule has 4 heterocycles. The summed E-state index contributed by atoms with van der Waals surface area (Å²) in [5, 5.41) is 10.7. The van der Waals surface area contributed by atoms with Gasteiger partial charge in [-0.1, -0.05) is 11.6 Å². The molecule has 4 saturated heterocycles. The third-order valence-corrected chi connectivity index (χ3v) is 8.27. The van der Waals surface area contributed by atoms with Crippen molar-refractivity contribution in [2.24, 2.45) is 11.3 Å². The van der Waals surface area contributed by atoms with E-state index >= 15 is 0 Å². The number of allylic oxidation sites excluding steroid dienone is 1. The third kappa shape index (κ3) is 4.69. The van der Waals surface area contributed by atoms with Gasteiger partial charge >= 0.3 is 35.7 Å². The first kappa shape index (κ1) is 26.4. The first-order chi connectivity index (χ1) is 15.6. The van der Waals surface area contributed by atoms with E-state index < -0.39 is 5.97 Å². The summed E-state index contributed by atoms with van der Waals surface area (Å²) in [6.45, 7) is 9.51. The Labute approximate surface area is 223 Å². The Kier molecular flexibility index (Phi) is 7.23. The maximum Gasteiger partial charge on any atom is 1.00 e. The molecule has 1 amide bonds. The van der Waals surface area contributed by atoms with Gasteiger partial charge in [0.1, 0.15) is 23.4 Å². The number of nitrogens with zero attached hydrogens (tertiary/aromatic N) is 2. The van der Waals surface area contributed by atoms with Gasteiger partial charge in [-0.15, -0.1) is 0 Å². The van der Waals surface area contributed by atoms with Crippen LogP contribution in [0, 0.1) is 11.3 Å². The van der Waals surface area contributed by atoms with Crippen LogP contribution in [0.5, 0.6) is 0 Å². The van der Waals surface area contributed by atoms with Crippen LogP contribution >= 0.6 is 0 Å². The zero-order valence-electron chi connectivity index (χ0n) is 21.0. The van der Waals surface area contributed by atoms with Crippen molar-refractivity contribution in [3.05, 3.63) is 11.6 Å². The van der Waals surface area contributed by atoms with E-state index in [1.54, 1.807) is 12.0 Å². The van der Waals surface area contributed by atoms with Gasteiger partial charge in [0.25, 0.3) is 0 Å². The minimum Gasteiger partial charge on any atom is -0.549 e. The maximum atomic E-state index is 12.9. The van der Waals surface area contributed by atoms with Gasteiger partial charge in [-0.05, 0) is 40.0 Å². The van der Waals surface area contributed by atoms with Gasteiger partial charge in [0, 0.05) is 45.2 Å². The van der Waals surface area contributed by atoms with Crippen LogP contribution in [0.25, 0.3) is 0 Å². The molecular weight excluding hydrogens is 451 g/mol. The molecule has 9 nitrogen and oxygen atoms in total. The van der Waals surface area contributed by atoms with Crippen molar-refractivity contribution in [2.45, 2.75) is 69.5 Å². The molecule has 1 saturated carbocycles. The second kappa shape index (κ2) is 9.32. The molecule has 0 aromatic carbocycles. The zero-order chi connectivity index (χ0) is 23.6. The van der Waals surface area contributed by atoms with E-state index in [-0.39, 0.29) is 83.0 Å². The Bertz CT molecular complexity index is 844. The van der Waals surface area contributed by atoms with Crippen molar-refractivity contribution in [3.8, 4) is 0 Å². The largest absolute Gasteiger partial charge is 1.00 e. The number of carbonyl (C=O) groups excluding carboxylic acids is 2. The van der Waals surface area contributed by atoms with Gasteiger partial charge in [-0.2, -0.15) is 0 Å². The Balaban J connectivity index is 0.00000274. The molecule has 5 rings (SSSR count). The number of ether oxygens (including phenoxy) is 4. The van der Waals surface area contributed by atoms with E-state index in [4.69, 9.17) is 18.9 Å². The van der Waals surface area contributed by atoms with Gasteiger partial charge in [-0.25, -0.2) is 4.79 Å². The summed E-state index contributed by atoms with van der Waals surface area (Å²) < 4.78 is 24.1. The number of hydrogen-bond acceptors (Lipinski definition) is 8. The minimum absolute atomic E-state index is 0. The predicted molar refractivity (Wildman–Crippen MR) is 115 cm³/mol. The van der Waals surface area contributed by atoms with Crippen LogP contribution in [0.1, 0.15) is 40.0 Å². The number of hydrogen-bond donors (Lipinski definition) is 0. The van der Waals surface area contributed by atoms with Gasteiger partial charge in [0.2, 0.25) is 0 Å². The number of aliphatic carboxylic acids is 1. The van der Waals surface area contributed by atoms with Crippen LogP contribution in [-0.2, 0) is 23.7 Å². The second-order valence-corrected chi connectivity index (χ2v) is 11.2. The van der Waals surface area contributed by atoms with Crippen molar-refractivity contribution in [1.82, 2.24) is 9.80 Å².